The third-order valence-electron chi connectivity index (χ3n) is 3.32. The van der Waals surface area contributed by atoms with Gasteiger partial charge in [-0.1, -0.05) is 12.1 Å². The van der Waals surface area contributed by atoms with E-state index in [4.69, 9.17) is 4.74 Å². The van der Waals surface area contributed by atoms with E-state index in [2.05, 4.69) is 15.8 Å². The molecule has 0 saturated heterocycles. The number of carbonyl (C=O) groups excluding carboxylic acids is 3. The van der Waals surface area contributed by atoms with Gasteiger partial charge in [-0.3, -0.25) is 14.4 Å². The summed E-state index contributed by atoms with van der Waals surface area (Å²) >= 11 is 0. The smallest absolute Gasteiger partial charge is 0.311 e. The Morgan fingerprint density at radius 1 is 1.12 bits per heavy atom. The lowest BCUT2D eigenvalue weighted by atomic mass is 10.1. The minimum absolute atomic E-state index is 0.00683. The zero-order valence-electron chi connectivity index (χ0n) is 15.1. The van der Waals surface area contributed by atoms with Crippen LogP contribution >= 0.6 is 0 Å². The first-order valence-corrected chi connectivity index (χ1v) is 8.16. The van der Waals surface area contributed by atoms with E-state index >= 15 is 0 Å². The number of carbonyl (C=O) groups is 3. The number of rotatable bonds is 8. The summed E-state index contributed by atoms with van der Waals surface area (Å²) in [6.07, 6.45) is 0.0692. The largest absolute Gasteiger partial charge is 0.466 e. The summed E-state index contributed by atoms with van der Waals surface area (Å²) < 4.78 is 4.79. The fraction of sp³-hybridized carbons (Fsp3) is 0.444. The Hall–Kier alpha value is -2.70. The molecule has 0 bridgehead atoms. The highest BCUT2D eigenvalue weighted by Gasteiger charge is 2.09. The van der Waals surface area contributed by atoms with Crippen LogP contribution < -0.4 is 10.7 Å². The number of aryl methyl sites for hydroxylation is 2. The van der Waals surface area contributed by atoms with Gasteiger partial charge in [0.15, 0.2) is 0 Å². The predicted molar refractivity (Wildman–Crippen MR) is 96.3 cm³/mol. The van der Waals surface area contributed by atoms with Gasteiger partial charge in [-0.2, -0.15) is 5.10 Å². The summed E-state index contributed by atoms with van der Waals surface area (Å²) in [5, 5.41) is 6.61. The summed E-state index contributed by atoms with van der Waals surface area (Å²) in [6, 6.07) is 5.78. The SMILES string of the molecule is CCOC(=O)CC(C)=NNC(=O)CCC(=O)Nc1cc(C)ccc1C. The molecule has 1 rings (SSSR count). The Labute approximate surface area is 147 Å². The Bertz CT molecular complexity index is 668. The predicted octanol–water partition coefficient (Wildman–Crippen LogP) is 2.47. The topological polar surface area (TPSA) is 96.9 Å². The molecule has 2 N–H and O–H groups in total. The van der Waals surface area contributed by atoms with E-state index in [0.717, 1.165) is 16.8 Å². The van der Waals surface area contributed by atoms with Gasteiger partial charge in [0.1, 0.15) is 0 Å². The molecule has 7 heteroatoms. The Morgan fingerprint density at radius 3 is 2.48 bits per heavy atom. The molecule has 0 aromatic heterocycles. The third-order valence-corrected chi connectivity index (χ3v) is 3.32. The molecule has 0 fully saturated rings. The van der Waals surface area contributed by atoms with Crippen LogP contribution in [0.4, 0.5) is 5.69 Å². The lowest BCUT2D eigenvalue weighted by Crippen LogP contribution is -2.22. The monoisotopic (exact) mass is 347 g/mol. The summed E-state index contributed by atoms with van der Waals surface area (Å²) in [4.78, 5) is 34.9. The number of benzene rings is 1. The van der Waals surface area contributed by atoms with E-state index in [0.29, 0.717) is 12.3 Å². The zero-order valence-corrected chi connectivity index (χ0v) is 15.1. The van der Waals surface area contributed by atoms with Crippen LogP contribution in [0.2, 0.25) is 0 Å². The molecule has 25 heavy (non-hydrogen) atoms. The van der Waals surface area contributed by atoms with Gasteiger partial charge in [-0.15, -0.1) is 0 Å². The molecule has 0 aliphatic carbocycles. The first kappa shape index (κ1) is 20.3. The Morgan fingerprint density at radius 2 is 1.80 bits per heavy atom. The molecule has 0 aliphatic heterocycles. The van der Waals surface area contributed by atoms with Gasteiger partial charge in [-0.25, -0.2) is 5.43 Å². The number of nitrogens with zero attached hydrogens (tertiary/aromatic N) is 1. The molecule has 0 spiro atoms. The second-order valence-electron chi connectivity index (χ2n) is 5.73. The van der Waals surface area contributed by atoms with Crippen LogP contribution in [0.15, 0.2) is 23.3 Å². The molecule has 7 nitrogen and oxygen atoms in total. The molecule has 2 amide bonds. The van der Waals surface area contributed by atoms with E-state index in [1.54, 1.807) is 13.8 Å². The van der Waals surface area contributed by atoms with E-state index in [1.807, 2.05) is 32.0 Å². The van der Waals surface area contributed by atoms with Crippen LogP contribution in [0, 0.1) is 13.8 Å². The average molecular weight is 347 g/mol. The summed E-state index contributed by atoms with van der Waals surface area (Å²) in [5.41, 5.74) is 5.52. The highest BCUT2D eigenvalue weighted by atomic mass is 16.5. The van der Waals surface area contributed by atoms with Crippen LogP contribution in [0.3, 0.4) is 0 Å². The Kier molecular flexibility index (Phi) is 8.32. The van der Waals surface area contributed by atoms with Gasteiger partial charge in [0, 0.05) is 24.2 Å². The molecule has 0 heterocycles. The van der Waals surface area contributed by atoms with Crippen LogP contribution in [-0.4, -0.2) is 30.1 Å². The van der Waals surface area contributed by atoms with Crippen LogP contribution in [0.5, 0.6) is 0 Å². The molecule has 0 unspecified atom stereocenters. The molecule has 136 valence electrons. The molecule has 0 saturated carbocycles. The summed E-state index contributed by atoms with van der Waals surface area (Å²) in [7, 11) is 0. The second kappa shape index (κ2) is 10.2. The van der Waals surface area contributed by atoms with Crippen molar-refractivity contribution in [2.24, 2.45) is 5.10 Å². The normalized spacial score (nSPS) is 11.0. The van der Waals surface area contributed by atoms with Gasteiger partial charge in [0.05, 0.1) is 13.0 Å². The van der Waals surface area contributed by atoms with Crippen molar-refractivity contribution in [3.8, 4) is 0 Å². The highest BCUT2D eigenvalue weighted by Crippen LogP contribution is 2.16. The number of esters is 1. The van der Waals surface area contributed by atoms with Crippen molar-refractivity contribution in [1.29, 1.82) is 0 Å². The maximum Gasteiger partial charge on any atom is 0.311 e. The number of hydrogen-bond donors (Lipinski definition) is 2. The van der Waals surface area contributed by atoms with E-state index in [1.165, 1.54) is 0 Å². The van der Waals surface area contributed by atoms with Gasteiger partial charge in [-0.05, 0) is 44.9 Å². The third kappa shape index (κ3) is 8.10. The van der Waals surface area contributed by atoms with E-state index < -0.39 is 5.97 Å². The van der Waals surface area contributed by atoms with Crippen molar-refractivity contribution in [3.05, 3.63) is 29.3 Å². The van der Waals surface area contributed by atoms with Crippen molar-refractivity contribution in [2.45, 2.75) is 47.0 Å². The number of anilines is 1. The van der Waals surface area contributed by atoms with Crippen LogP contribution in [0.25, 0.3) is 0 Å². The molecular weight excluding hydrogens is 322 g/mol. The zero-order chi connectivity index (χ0) is 18.8. The lowest BCUT2D eigenvalue weighted by Gasteiger charge is -2.09. The van der Waals surface area contributed by atoms with E-state index in [9.17, 15) is 14.4 Å². The van der Waals surface area contributed by atoms with Gasteiger partial charge in [0.2, 0.25) is 11.8 Å². The van der Waals surface area contributed by atoms with Gasteiger partial charge < -0.3 is 10.1 Å². The average Bonchev–Trinajstić information content (AvgIpc) is 2.54. The maximum absolute atomic E-state index is 11.9. The number of nitrogens with one attached hydrogen (secondary N) is 2. The van der Waals surface area contributed by atoms with Crippen molar-refractivity contribution >= 4 is 29.2 Å². The Balaban J connectivity index is 2.39. The highest BCUT2D eigenvalue weighted by molar-refractivity contribution is 5.98. The molecule has 0 atom stereocenters. The maximum atomic E-state index is 11.9. The standard InChI is InChI=1S/C18H25N3O4/c1-5-25-18(24)11-14(4)20-21-17(23)9-8-16(22)19-15-10-12(2)6-7-13(15)3/h6-7,10H,5,8-9,11H2,1-4H3,(H,19,22)(H,21,23). The fourth-order valence-corrected chi connectivity index (χ4v) is 1.98. The van der Waals surface area contributed by atoms with Gasteiger partial charge >= 0.3 is 5.97 Å². The number of amides is 2. The number of ether oxygens (including phenoxy) is 1. The lowest BCUT2D eigenvalue weighted by molar-refractivity contribution is -0.141. The van der Waals surface area contributed by atoms with Crippen molar-refractivity contribution < 1.29 is 19.1 Å². The first-order chi connectivity index (χ1) is 11.8. The minimum atomic E-state index is -0.397. The van der Waals surface area contributed by atoms with Crippen LogP contribution in [0.1, 0.15) is 44.2 Å². The van der Waals surface area contributed by atoms with Crippen LogP contribution in [-0.2, 0) is 19.1 Å². The number of hydrogen-bond acceptors (Lipinski definition) is 5. The minimum Gasteiger partial charge on any atom is -0.466 e. The summed E-state index contributed by atoms with van der Waals surface area (Å²) in [6.45, 7) is 7.48. The molecule has 1 aromatic carbocycles. The second-order valence-corrected chi connectivity index (χ2v) is 5.73. The summed E-state index contributed by atoms with van der Waals surface area (Å²) in [5.74, 6) is -1.03. The quantitative estimate of drug-likeness (QED) is 0.429. The van der Waals surface area contributed by atoms with E-state index in [-0.39, 0.29) is 31.1 Å². The van der Waals surface area contributed by atoms with Crippen molar-refractivity contribution in [1.82, 2.24) is 5.43 Å². The van der Waals surface area contributed by atoms with Crippen molar-refractivity contribution in [3.63, 3.8) is 0 Å². The van der Waals surface area contributed by atoms with Crippen molar-refractivity contribution in [2.75, 3.05) is 11.9 Å². The molecule has 0 radical (unpaired) electrons. The molecular formula is C18H25N3O4. The first-order valence-electron chi connectivity index (χ1n) is 8.16. The fourth-order valence-electron chi connectivity index (χ4n) is 1.98. The molecule has 0 aliphatic rings. The number of hydrazone groups is 1. The van der Waals surface area contributed by atoms with Gasteiger partial charge in [0.25, 0.3) is 0 Å². The molecule has 1 aromatic rings.